The van der Waals surface area contributed by atoms with Crippen LogP contribution in [0.25, 0.3) is 28.2 Å². The van der Waals surface area contributed by atoms with Crippen molar-refractivity contribution in [3.05, 3.63) is 65.1 Å². The van der Waals surface area contributed by atoms with Crippen molar-refractivity contribution in [1.29, 1.82) is 5.26 Å². The second-order valence-corrected chi connectivity index (χ2v) is 9.91. The molecule has 5 heterocycles. The first-order valence-corrected chi connectivity index (χ1v) is 11.5. The minimum Gasteiger partial charge on any atom is -0.373 e. The fourth-order valence-corrected chi connectivity index (χ4v) is 5.55. The van der Waals surface area contributed by atoms with Gasteiger partial charge in [0.2, 0.25) is 0 Å². The van der Waals surface area contributed by atoms with E-state index in [1.54, 1.807) is 46.5 Å². The Morgan fingerprint density at radius 1 is 1.31 bits per heavy atom. The van der Waals surface area contributed by atoms with Crippen LogP contribution in [0.3, 0.4) is 0 Å². The van der Waals surface area contributed by atoms with Crippen molar-refractivity contribution < 1.29 is 13.9 Å². The molecule has 1 aliphatic carbocycles. The normalized spacial score (nSPS) is 22.7. The number of carbonyl (C=O) groups excluding carboxylic acids is 1. The number of amides is 1. The molecule has 1 aromatic carbocycles. The van der Waals surface area contributed by atoms with E-state index < -0.39 is 5.82 Å². The summed E-state index contributed by atoms with van der Waals surface area (Å²) < 4.78 is 24.1. The van der Waals surface area contributed by atoms with Crippen molar-refractivity contribution >= 4 is 23.2 Å². The van der Waals surface area contributed by atoms with Crippen LogP contribution in [0.1, 0.15) is 35.8 Å². The Hall–Kier alpha value is -3.74. The number of hydrogen-bond acceptors (Lipinski definition) is 5. The van der Waals surface area contributed by atoms with Gasteiger partial charge in [0, 0.05) is 42.8 Å². The molecule has 1 N–H and O–H groups in total. The molecule has 3 fully saturated rings. The van der Waals surface area contributed by atoms with Crippen LogP contribution in [0.4, 0.5) is 4.39 Å². The fraction of sp³-hybridized carbons (Fsp3) is 0.280. The monoisotopic (exact) mass is 490 g/mol. The molecule has 4 aromatic rings. The van der Waals surface area contributed by atoms with E-state index in [4.69, 9.17) is 16.3 Å². The van der Waals surface area contributed by atoms with Crippen LogP contribution in [0.2, 0.25) is 5.15 Å². The Kier molecular flexibility index (Phi) is 4.59. The number of pyridine rings is 1. The van der Waals surface area contributed by atoms with Crippen LogP contribution >= 0.6 is 11.6 Å². The number of carbonyl (C=O) groups is 1. The molecule has 3 aliphatic rings. The van der Waals surface area contributed by atoms with Gasteiger partial charge in [-0.1, -0.05) is 23.7 Å². The number of nitrogens with one attached hydrogen (secondary N) is 1. The minimum atomic E-state index is -0.560. The fourth-order valence-electron chi connectivity index (χ4n) is 5.36. The van der Waals surface area contributed by atoms with Gasteiger partial charge >= 0.3 is 0 Å². The molecule has 1 saturated carbocycles. The summed E-state index contributed by atoms with van der Waals surface area (Å²) in [5, 5.41) is 13.4. The van der Waals surface area contributed by atoms with E-state index in [0.29, 0.717) is 34.2 Å². The third kappa shape index (κ3) is 3.25. The molecule has 1 amide bonds. The number of halogens is 2. The van der Waals surface area contributed by atoms with Gasteiger partial charge in [0.25, 0.3) is 5.91 Å². The number of aromatic nitrogens is 4. The maximum atomic E-state index is 15.2. The summed E-state index contributed by atoms with van der Waals surface area (Å²) in [6.45, 7) is 2.54. The van der Waals surface area contributed by atoms with Crippen molar-refractivity contribution in [2.24, 2.45) is 7.05 Å². The second-order valence-electron chi connectivity index (χ2n) is 9.55. The molecule has 176 valence electrons. The van der Waals surface area contributed by atoms with Gasteiger partial charge in [-0.05, 0) is 25.1 Å². The highest BCUT2D eigenvalue weighted by atomic mass is 35.5. The van der Waals surface area contributed by atoms with Gasteiger partial charge < -0.3 is 14.6 Å². The Labute approximate surface area is 204 Å². The molecule has 0 radical (unpaired) electrons. The van der Waals surface area contributed by atoms with Crippen molar-refractivity contribution in [3.8, 4) is 28.6 Å². The molecule has 2 saturated heterocycles. The zero-order chi connectivity index (χ0) is 24.5. The maximum absolute atomic E-state index is 15.2. The standard InChI is InChI=1S/C25H20ClFN6O2/c1-24-10-25(11-24,12-35-24)31-23(34)14-6-7-33-17(9-28)21(30-18(33)8-14)19-15(4-3-5-16(19)27)20-22(26)32(2)13-29-20/h3-8,13H,10-12H2,1-2H3,(H,31,34). The number of rotatable bonds is 4. The van der Waals surface area contributed by atoms with Gasteiger partial charge in [-0.3, -0.25) is 9.20 Å². The highest BCUT2D eigenvalue weighted by molar-refractivity contribution is 6.32. The van der Waals surface area contributed by atoms with E-state index in [1.807, 2.05) is 6.92 Å². The highest BCUT2D eigenvalue weighted by Crippen LogP contribution is 2.51. The SMILES string of the molecule is Cn1cnc(-c2cccc(F)c2-c2nc3cc(C(=O)NC45COC(C)(C4)C5)ccn3c2C#N)c1Cl. The largest absolute Gasteiger partial charge is 0.373 e. The third-order valence-electron chi connectivity index (χ3n) is 6.87. The third-order valence-corrected chi connectivity index (χ3v) is 7.31. The number of imidazole rings is 2. The molecule has 10 heteroatoms. The molecule has 35 heavy (non-hydrogen) atoms. The first kappa shape index (κ1) is 21.8. The van der Waals surface area contributed by atoms with E-state index in [-0.39, 0.29) is 34.0 Å². The summed E-state index contributed by atoms with van der Waals surface area (Å²) in [5.41, 5.74) is 1.48. The lowest BCUT2D eigenvalue weighted by Crippen LogP contribution is -2.58. The van der Waals surface area contributed by atoms with Crippen molar-refractivity contribution in [3.63, 3.8) is 0 Å². The predicted octanol–water partition coefficient (Wildman–Crippen LogP) is 4.12. The van der Waals surface area contributed by atoms with E-state index in [0.717, 1.165) is 12.8 Å². The number of nitriles is 1. The van der Waals surface area contributed by atoms with Gasteiger partial charge in [-0.2, -0.15) is 5.26 Å². The number of aryl methyl sites for hydroxylation is 1. The van der Waals surface area contributed by atoms with Crippen LogP contribution in [0.15, 0.2) is 42.9 Å². The van der Waals surface area contributed by atoms with E-state index in [1.165, 1.54) is 12.4 Å². The van der Waals surface area contributed by atoms with Crippen LogP contribution in [-0.2, 0) is 11.8 Å². The van der Waals surface area contributed by atoms with Crippen molar-refractivity contribution in [1.82, 2.24) is 24.3 Å². The molecular formula is C25H20ClFN6O2. The van der Waals surface area contributed by atoms with Gasteiger partial charge in [-0.25, -0.2) is 14.4 Å². The van der Waals surface area contributed by atoms with Gasteiger partial charge in [0.15, 0.2) is 5.69 Å². The zero-order valence-corrected chi connectivity index (χ0v) is 19.7. The van der Waals surface area contributed by atoms with E-state index in [2.05, 4.69) is 21.4 Å². The Morgan fingerprint density at radius 3 is 2.77 bits per heavy atom. The Morgan fingerprint density at radius 2 is 2.11 bits per heavy atom. The van der Waals surface area contributed by atoms with Gasteiger partial charge in [0.05, 0.1) is 24.1 Å². The van der Waals surface area contributed by atoms with Crippen LogP contribution in [0.5, 0.6) is 0 Å². The molecule has 2 bridgehead atoms. The summed E-state index contributed by atoms with van der Waals surface area (Å²) in [6, 6.07) is 9.89. The maximum Gasteiger partial charge on any atom is 0.251 e. The average Bonchev–Trinajstić information content (AvgIpc) is 3.53. The summed E-state index contributed by atoms with van der Waals surface area (Å²) in [7, 11) is 1.73. The zero-order valence-electron chi connectivity index (χ0n) is 19.0. The van der Waals surface area contributed by atoms with Gasteiger partial charge in [-0.15, -0.1) is 0 Å². The summed E-state index contributed by atoms with van der Waals surface area (Å²) >= 11 is 6.39. The van der Waals surface area contributed by atoms with Crippen molar-refractivity contribution in [2.75, 3.05) is 6.61 Å². The number of fused-ring (bicyclic) bond motifs is 2. The summed E-state index contributed by atoms with van der Waals surface area (Å²) in [4.78, 5) is 21.9. The van der Waals surface area contributed by atoms with Crippen LogP contribution in [-0.4, -0.2) is 42.6 Å². The molecule has 0 atom stereocenters. The quantitative estimate of drug-likeness (QED) is 0.464. The molecule has 0 unspecified atom stereocenters. The lowest BCUT2D eigenvalue weighted by atomic mass is 9.69. The summed E-state index contributed by atoms with van der Waals surface area (Å²) in [5.74, 6) is -0.801. The topological polar surface area (TPSA) is 97.2 Å². The van der Waals surface area contributed by atoms with E-state index >= 15 is 4.39 Å². The molecule has 7 rings (SSSR count). The smallest absolute Gasteiger partial charge is 0.251 e. The molecule has 0 spiro atoms. The minimum absolute atomic E-state index is 0.120. The molecule has 2 aliphatic heterocycles. The highest BCUT2D eigenvalue weighted by Gasteiger charge is 2.60. The van der Waals surface area contributed by atoms with Crippen LogP contribution in [0, 0.1) is 17.1 Å². The average molecular weight is 491 g/mol. The van der Waals surface area contributed by atoms with Gasteiger partial charge in [0.1, 0.15) is 34.1 Å². The first-order valence-electron chi connectivity index (χ1n) is 11.1. The predicted molar refractivity (Wildman–Crippen MR) is 126 cm³/mol. The summed E-state index contributed by atoms with van der Waals surface area (Å²) in [6.07, 6.45) is 4.70. The molecular weight excluding hydrogens is 471 g/mol. The lowest BCUT2D eigenvalue weighted by molar-refractivity contribution is 0.0127. The number of benzene rings is 1. The van der Waals surface area contributed by atoms with E-state index in [9.17, 15) is 10.1 Å². The number of ether oxygens (including phenoxy) is 1. The molecule has 8 nitrogen and oxygen atoms in total. The number of hydrogen-bond donors (Lipinski definition) is 1. The second kappa shape index (κ2) is 7.38. The van der Waals surface area contributed by atoms with Crippen molar-refractivity contribution in [2.45, 2.75) is 30.9 Å². The first-order chi connectivity index (χ1) is 16.7. The molecule has 3 aromatic heterocycles. The Bertz CT molecular complexity index is 1580. The Balaban J connectivity index is 1.43. The van der Waals surface area contributed by atoms with Crippen LogP contribution < -0.4 is 5.32 Å². The lowest BCUT2D eigenvalue weighted by Gasteiger charge is -2.42. The number of nitrogens with zero attached hydrogens (tertiary/aromatic N) is 5.